The second-order valence-corrected chi connectivity index (χ2v) is 7.77. The van der Waals surface area contributed by atoms with Crippen molar-refractivity contribution in [2.24, 2.45) is 0 Å². The number of aromatic nitrogens is 2. The first-order valence-corrected chi connectivity index (χ1v) is 11.0. The monoisotopic (exact) mass is 498 g/mol. The third-order valence-corrected chi connectivity index (χ3v) is 5.15. The molecule has 3 rings (SSSR count). The zero-order valence-electron chi connectivity index (χ0n) is 18.9. The van der Waals surface area contributed by atoms with E-state index in [9.17, 15) is 19.1 Å². The summed E-state index contributed by atoms with van der Waals surface area (Å²) in [5.74, 6) is -0.560. The fraction of sp³-hybridized carbons (Fsp3) is 0.167. The lowest BCUT2D eigenvalue weighted by atomic mass is 10.2. The van der Waals surface area contributed by atoms with Crippen molar-refractivity contribution >= 4 is 46.6 Å². The van der Waals surface area contributed by atoms with Crippen molar-refractivity contribution in [2.45, 2.75) is 6.42 Å². The smallest absolute Gasteiger partial charge is 0.251 e. The van der Waals surface area contributed by atoms with Crippen molar-refractivity contribution in [3.63, 3.8) is 0 Å². The summed E-state index contributed by atoms with van der Waals surface area (Å²) < 4.78 is 14.2. The third-order valence-electron chi connectivity index (χ3n) is 4.87. The van der Waals surface area contributed by atoms with Crippen LogP contribution in [0.5, 0.6) is 5.75 Å². The summed E-state index contributed by atoms with van der Waals surface area (Å²) in [4.78, 5) is 33.5. The topological polar surface area (TPSA) is 119 Å². The third kappa shape index (κ3) is 6.90. The molecule has 0 atom stereocenters. The highest BCUT2D eigenvalue weighted by Gasteiger charge is 2.14. The van der Waals surface area contributed by atoms with E-state index in [1.165, 1.54) is 55.7 Å². The zero-order chi connectivity index (χ0) is 25.4. The van der Waals surface area contributed by atoms with Gasteiger partial charge < -0.3 is 26.0 Å². The minimum Gasteiger partial charge on any atom is -0.508 e. The van der Waals surface area contributed by atoms with Crippen LogP contribution >= 0.6 is 11.6 Å². The van der Waals surface area contributed by atoms with E-state index in [4.69, 9.17) is 11.6 Å². The number of carbonyl (C=O) groups excluding carboxylic acids is 2. The minimum absolute atomic E-state index is 0.0709. The molecule has 1 aromatic heterocycles. The first kappa shape index (κ1) is 25.4. The Labute approximate surface area is 206 Å². The van der Waals surface area contributed by atoms with Crippen LogP contribution in [0.1, 0.15) is 16.8 Å². The maximum atomic E-state index is 14.2. The molecule has 4 N–H and O–H groups in total. The van der Waals surface area contributed by atoms with Crippen LogP contribution in [0.4, 0.5) is 27.5 Å². The van der Waals surface area contributed by atoms with Crippen LogP contribution < -0.4 is 20.9 Å². The molecule has 2 amide bonds. The lowest BCUT2D eigenvalue weighted by molar-refractivity contribution is -0.113. The summed E-state index contributed by atoms with van der Waals surface area (Å²) in [6.07, 6.45) is 3.11. The Hall–Kier alpha value is -4.18. The Morgan fingerprint density at radius 2 is 1.94 bits per heavy atom. The number of halogens is 2. The molecule has 0 unspecified atom stereocenters. The van der Waals surface area contributed by atoms with E-state index in [-0.39, 0.29) is 23.3 Å². The highest BCUT2D eigenvalue weighted by molar-refractivity contribution is 6.32. The van der Waals surface area contributed by atoms with Gasteiger partial charge in [-0.25, -0.2) is 9.37 Å². The molecule has 35 heavy (non-hydrogen) atoms. The fourth-order valence-electron chi connectivity index (χ4n) is 3.00. The lowest BCUT2D eigenvalue weighted by Crippen LogP contribution is -2.25. The van der Waals surface area contributed by atoms with Gasteiger partial charge in [0.2, 0.25) is 11.9 Å². The molecule has 0 aliphatic carbocycles. The Morgan fingerprint density at radius 1 is 1.20 bits per heavy atom. The second kappa shape index (κ2) is 11.8. The van der Waals surface area contributed by atoms with Crippen LogP contribution in [0.25, 0.3) is 0 Å². The molecule has 2 aromatic carbocycles. The maximum absolute atomic E-state index is 14.2. The number of phenols is 1. The molecule has 0 spiro atoms. The van der Waals surface area contributed by atoms with Crippen molar-refractivity contribution in [1.29, 1.82) is 0 Å². The standard InChI is InChI=1S/C24H24ClFN6O3/c1-3-21(34)32(2)20-13-16(7-10-19(20)26)30-24-29-14-18(25)22(31-24)27-11-4-12-28-23(35)15-5-8-17(33)9-6-15/h3,5-10,13-14,33H,1,4,11-12H2,2H3,(H,28,35)(H2,27,29,30,31). The molecule has 0 aliphatic rings. The molecule has 0 saturated carbocycles. The zero-order valence-corrected chi connectivity index (χ0v) is 19.6. The van der Waals surface area contributed by atoms with Gasteiger partial charge in [0.1, 0.15) is 22.4 Å². The van der Waals surface area contributed by atoms with Crippen molar-refractivity contribution in [3.05, 3.63) is 77.7 Å². The Bertz CT molecular complexity index is 1220. The van der Waals surface area contributed by atoms with Crippen LogP contribution in [-0.4, -0.2) is 47.0 Å². The summed E-state index contributed by atoms with van der Waals surface area (Å²) in [7, 11) is 1.44. The van der Waals surface area contributed by atoms with E-state index in [0.29, 0.717) is 41.6 Å². The van der Waals surface area contributed by atoms with Gasteiger partial charge in [-0.05, 0) is 55.0 Å². The average molecular weight is 499 g/mol. The molecule has 11 heteroatoms. The Balaban J connectivity index is 1.56. The number of likely N-dealkylation sites (N-methyl/N-ethyl adjacent to an activating group) is 1. The average Bonchev–Trinajstić information content (AvgIpc) is 2.86. The number of phenolic OH excluding ortho intramolecular Hbond substituents is 1. The van der Waals surface area contributed by atoms with Crippen LogP contribution in [0.3, 0.4) is 0 Å². The molecule has 9 nitrogen and oxygen atoms in total. The van der Waals surface area contributed by atoms with Crippen LogP contribution in [-0.2, 0) is 4.79 Å². The number of carbonyl (C=O) groups is 2. The number of amides is 2. The van der Waals surface area contributed by atoms with Gasteiger partial charge in [0, 0.05) is 31.4 Å². The first-order chi connectivity index (χ1) is 16.8. The van der Waals surface area contributed by atoms with Gasteiger partial charge in [-0.1, -0.05) is 18.2 Å². The number of rotatable bonds is 10. The summed E-state index contributed by atoms with van der Waals surface area (Å²) >= 11 is 6.19. The van der Waals surface area contributed by atoms with Gasteiger partial charge in [-0.15, -0.1) is 0 Å². The van der Waals surface area contributed by atoms with E-state index < -0.39 is 11.7 Å². The van der Waals surface area contributed by atoms with Gasteiger partial charge in [0.25, 0.3) is 5.91 Å². The first-order valence-electron chi connectivity index (χ1n) is 10.6. The summed E-state index contributed by atoms with van der Waals surface area (Å²) in [5.41, 5.74) is 0.992. The largest absolute Gasteiger partial charge is 0.508 e. The SMILES string of the molecule is C=CC(=O)N(C)c1cc(Nc2ncc(Cl)c(NCCCNC(=O)c3ccc(O)cc3)n2)ccc1F. The van der Waals surface area contributed by atoms with E-state index in [1.54, 1.807) is 0 Å². The van der Waals surface area contributed by atoms with Crippen LogP contribution in [0.15, 0.2) is 61.3 Å². The molecule has 0 saturated heterocycles. The molecule has 0 aliphatic heterocycles. The van der Waals surface area contributed by atoms with E-state index in [1.807, 2.05) is 0 Å². The highest BCUT2D eigenvalue weighted by Crippen LogP contribution is 2.26. The number of hydrogen-bond donors (Lipinski definition) is 4. The number of aromatic hydroxyl groups is 1. The van der Waals surface area contributed by atoms with E-state index >= 15 is 0 Å². The summed E-state index contributed by atoms with van der Waals surface area (Å²) in [5, 5.41) is 18.4. The van der Waals surface area contributed by atoms with Gasteiger partial charge >= 0.3 is 0 Å². The lowest BCUT2D eigenvalue weighted by Gasteiger charge is -2.17. The van der Waals surface area contributed by atoms with E-state index in [2.05, 4.69) is 32.5 Å². The van der Waals surface area contributed by atoms with Crippen LogP contribution in [0.2, 0.25) is 5.02 Å². The number of anilines is 4. The van der Waals surface area contributed by atoms with Crippen LogP contribution in [0, 0.1) is 5.82 Å². The number of benzene rings is 2. The Morgan fingerprint density at radius 3 is 2.66 bits per heavy atom. The number of nitrogens with one attached hydrogen (secondary N) is 3. The van der Waals surface area contributed by atoms with Crippen molar-refractivity contribution in [1.82, 2.24) is 15.3 Å². The van der Waals surface area contributed by atoms with Crippen molar-refractivity contribution in [2.75, 3.05) is 35.7 Å². The summed E-state index contributed by atoms with van der Waals surface area (Å²) in [6.45, 7) is 4.29. The van der Waals surface area contributed by atoms with Gasteiger partial charge in [0.05, 0.1) is 11.9 Å². The predicted octanol–water partition coefficient (Wildman–Crippen LogP) is 4.10. The molecule has 0 radical (unpaired) electrons. The fourth-order valence-corrected chi connectivity index (χ4v) is 3.15. The maximum Gasteiger partial charge on any atom is 0.251 e. The Kier molecular flexibility index (Phi) is 8.58. The molecular weight excluding hydrogens is 475 g/mol. The molecule has 1 heterocycles. The molecule has 0 bridgehead atoms. The van der Waals surface area contributed by atoms with Gasteiger partial charge in [-0.3, -0.25) is 9.59 Å². The number of nitrogens with zero attached hydrogens (tertiary/aromatic N) is 3. The minimum atomic E-state index is -0.565. The molecule has 3 aromatic rings. The van der Waals surface area contributed by atoms with E-state index in [0.717, 1.165) is 11.0 Å². The van der Waals surface area contributed by atoms with Gasteiger partial charge in [-0.2, -0.15) is 4.98 Å². The molecular formula is C24H24ClFN6O3. The van der Waals surface area contributed by atoms with Crippen molar-refractivity contribution in [3.8, 4) is 5.75 Å². The number of hydrogen-bond acceptors (Lipinski definition) is 7. The highest BCUT2D eigenvalue weighted by atomic mass is 35.5. The quantitative estimate of drug-likeness (QED) is 0.245. The molecule has 0 fully saturated rings. The van der Waals surface area contributed by atoms with Gasteiger partial charge in [0.15, 0.2) is 0 Å². The second-order valence-electron chi connectivity index (χ2n) is 7.37. The van der Waals surface area contributed by atoms with Crippen molar-refractivity contribution < 1.29 is 19.1 Å². The predicted molar refractivity (Wildman–Crippen MR) is 134 cm³/mol. The normalized spacial score (nSPS) is 10.4. The summed E-state index contributed by atoms with van der Waals surface area (Å²) in [6, 6.07) is 10.2. The molecule has 182 valence electrons.